The molecule has 5 rings (SSSR count). The van der Waals surface area contributed by atoms with Crippen molar-refractivity contribution < 1.29 is 23.2 Å². The molecule has 2 N–H and O–H groups in total. The first-order chi connectivity index (χ1) is 15.9. The SMILES string of the molecule is Cc1ccc2oc3c(c(=O)c2c1)[C@@H](c1ccc(OCC(N)=O)cc1)N(Cc1ccco1)C3=O. The fourth-order valence-corrected chi connectivity index (χ4v) is 4.12. The summed E-state index contributed by atoms with van der Waals surface area (Å²) in [5.41, 5.74) is 7.15. The fraction of sp³-hybridized carbons (Fsp3) is 0.160. The van der Waals surface area contributed by atoms with Gasteiger partial charge in [-0.1, -0.05) is 23.8 Å². The summed E-state index contributed by atoms with van der Waals surface area (Å²) < 4.78 is 16.7. The Labute approximate surface area is 188 Å². The maximum Gasteiger partial charge on any atom is 0.291 e. The molecule has 0 spiro atoms. The number of furan rings is 1. The van der Waals surface area contributed by atoms with E-state index in [1.165, 1.54) is 6.26 Å². The molecule has 0 fully saturated rings. The summed E-state index contributed by atoms with van der Waals surface area (Å²) in [6.07, 6.45) is 1.53. The lowest BCUT2D eigenvalue weighted by Gasteiger charge is -2.24. The summed E-state index contributed by atoms with van der Waals surface area (Å²) in [6.45, 7) is 1.81. The molecule has 2 aromatic heterocycles. The Bertz CT molecular complexity index is 1420. The molecule has 2 aromatic carbocycles. The van der Waals surface area contributed by atoms with Gasteiger partial charge >= 0.3 is 0 Å². The molecule has 33 heavy (non-hydrogen) atoms. The highest BCUT2D eigenvalue weighted by molar-refractivity contribution is 5.99. The average molecular weight is 444 g/mol. The van der Waals surface area contributed by atoms with E-state index in [1.807, 2.05) is 13.0 Å². The van der Waals surface area contributed by atoms with Gasteiger partial charge in [0.25, 0.3) is 11.8 Å². The monoisotopic (exact) mass is 444 g/mol. The van der Waals surface area contributed by atoms with Gasteiger partial charge < -0.3 is 24.2 Å². The van der Waals surface area contributed by atoms with Crippen LogP contribution in [0.3, 0.4) is 0 Å². The number of nitrogens with zero attached hydrogens (tertiary/aromatic N) is 1. The number of carbonyl (C=O) groups excluding carboxylic acids is 2. The van der Waals surface area contributed by atoms with E-state index in [-0.39, 0.29) is 35.8 Å². The van der Waals surface area contributed by atoms with E-state index >= 15 is 0 Å². The lowest BCUT2D eigenvalue weighted by atomic mass is 9.98. The molecule has 0 unspecified atom stereocenters. The second-order valence-corrected chi connectivity index (χ2v) is 7.91. The van der Waals surface area contributed by atoms with Crippen LogP contribution in [-0.4, -0.2) is 23.3 Å². The van der Waals surface area contributed by atoms with E-state index in [9.17, 15) is 14.4 Å². The molecule has 0 aliphatic carbocycles. The third-order valence-electron chi connectivity index (χ3n) is 5.60. The molecule has 0 radical (unpaired) electrons. The number of rotatable bonds is 6. The molecule has 1 aliphatic heterocycles. The van der Waals surface area contributed by atoms with Crippen LogP contribution in [0.25, 0.3) is 11.0 Å². The normalized spacial score (nSPS) is 15.1. The van der Waals surface area contributed by atoms with Crippen molar-refractivity contribution in [3.05, 3.63) is 99.3 Å². The molecular formula is C25H20N2O6. The van der Waals surface area contributed by atoms with Gasteiger partial charge in [0, 0.05) is 0 Å². The van der Waals surface area contributed by atoms with Crippen LogP contribution >= 0.6 is 0 Å². The average Bonchev–Trinajstić information content (AvgIpc) is 3.41. The van der Waals surface area contributed by atoms with Crippen LogP contribution in [0, 0.1) is 6.92 Å². The minimum Gasteiger partial charge on any atom is -0.484 e. The number of carbonyl (C=O) groups is 2. The number of hydrogen-bond acceptors (Lipinski definition) is 6. The Kier molecular flexibility index (Phi) is 4.97. The second kappa shape index (κ2) is 7.98. The summed E-state index contributed by atoms with van der Waals surface area (Å²) >= 11 is 0. The van der Waals surface area contributed by atoms with Crippen LogP contribution in [0.1, 0.15) is 39.0 Å². The summed E-state index contributed by atoms with van der Waals surface area (Å²) in [6, 6.07) is 15.0. The molecule has 4 aromatic rings. The molecule has 2 amide bonds. The summed E-state index contributed by atoms with van der Waals surface area (Å²) in [7, 11) is 0. The van der Waals surface area contributed by atoms with Gasteiger partial charge in [-0.3, -0.25) is 14.4 Å². The minimum absolute atomic E-state index is 0.0296. The highest BCUT2D eigenvalue weighted by Gasteiger charge is 2.43. The number of nitrogens with two attached hydrogens (primary N) is 1. The standard InChI is InChI=1S/C25H20N2O6/c1-14-4-9-19-18(11-14)23(29)21-22(15-5-7-16(8-6-15)32-13-20(26)28)27(25(30)24(21)33-19)12-17-3-2-10-31-17/h2-11,22H,12-13H2,1H3,(H2,26,28)/t22-/m1/s1. The zero-order chi connectivity index (χ0) is 23.1. The number of ether oxygens (including phenoxy) is 1. The van der Waals surface area contributed by atoms with E-state index in [4.69, 9.17) is 19.3 Å². The highest BCUT2D eigenvalue weighted by atomic mass is 16.5. The Morgan fingerprint density at radius 3 is 2.61 bits per heavy atom. The van der Waals surface area contributed by atoms with Gasteiger partial charge in [-0.15, -0.1) is 0 Å². The first-order valence-electron chi connectivity index (χ1n) is 10.3. The Morgan fingerprint density at radius 1 is 1.12 bits per heavy atom. The Hall–Kier alpha value is -4.33. The first-order valence-corrected chi connectivity index (χ1v) is 10.3. The Balaban J connectivity index is 1.64. The van der Waals surface area contributed by atoms with Gasteiger partial charge in [-0.25, -0.2) is 0 Å². The van der Waals surface area contributed by atoms with E-state index in [0.717, 1.165) is 5.56 Å². The van der Waals surface area contributed by atoms with Crippen molar-refractivity contribution in [3.63, 3.8) is 0 Å². The molecular weight excluding hydrogens is 424 g/mol. The molecule has 0 saturated carbocycles. The number of fused-ring (bicyclic) bond motifs is 2. The second-order valence-electron chi connectivity index (χ2n) is 7.91. The van der Waals surface area contributed by atoms with Crippen molar-refractivity contribution in [2.75, 3.05) is 6.61 Å². The maximum atomic E-state index is 13.6. The van der Waals surface area contributed by atoms with E-state index < -0.39 is 11.9 Å². The minimum atomic E-state index is -0.677. The maximum absolute atomic E-state index is 13.6. The van der Waals surface area contributed by atoms with Gasteiger partial charge in [0.1, 0.15) is 17.1 Å². The number of amides is 2. The fourth-order valence-electron chi connectivity index (χ4n) is 4.12. The lowest BCUT2D eigenvalue weighted by Crippen LogP contribution is -2.29. The Morgan fingerprint density at radius 2 is 1.91 bits per heavy atom. The largest absolute Gasteiger partial charge is 0.484 e. The van der Waals surface area contributed by atoms with Gasteiger partial charge in [-0.2, -0.15) is 0 Å². The smallest absolute Gasteiger partial charge is 0.291 e. The van der Waals surface area contributed by atoms with Gasteiger partial charge in [0.15, 0.2) is 12.0 Å². The molecule has 3 heterocycles. The molecule has 8 heteroatoms. The van der Waals surface area contributed by atoms with Crippen molar-refractivity contribution in [3.8, 4) is 5.75 Å². The van der Waals surface area contributed by atoms with Gasteiger partial charge in [0.05, 0.1) is 29.8 Å². The van der Waals surface area contributed by atoms with Crippen molar-refractivity contribution in [2.45, 2.75) is 19.5 Å². The number of benzene rings is 2. The van der Waals surface area contributed by atoms with Crippen molar-refractivity contribution in [1.82, 2.24) is 4.90 Å². The van der Waals surface area contributed by atoms with E-state index in [2.05, 4.69) is 0 Å². The molecule has 0 saturated heterocycles. The zero-order valence-electron chi connectivity index (χ0n) is 17.7. The van der Waals surface area contributed by atoms with Crippen LogP contribution < -0.4 is 15.9 Å². The van der Waals surface area contributed by atoms with Crippen molar-refractivity contribution in [2.24, 2.45) is 5.73 Å². The number of primary amides is 1. The summed E-state index contributed by atoms with van der Waals surface area (Å²) in [5.74, 6) is 0.0806. The molecule has 0 bridgehead atoms. The van der Waals surface area contributed by atoms with Gasteiger partial charge in [-0.05, 0) is 48.9 Å². The highest BCUT2D eigenvalue weighted by Crippen LogP contribution is 2.39. The predicted molar refractivity (Wildman–Crippen MR) is 119 cm³/mol. The quantitative estimate of drug-likeness (QED) is 0.488. The van der Waals surface area contributed by atoms with Crippen molar-refractivity contribution in [1.29, 1.82) is 0 Å². The van der Waals surface area contributed by atoms with Crippen LogP contribution in [-0.2, 0) is 11.3 Å². The summed E-state index contributed by atoms with van der Waals surface area (Å²) in [4.78, 5) is 39.5. The van der Waals surface area contributed by atoms with Gasteiger partial charge in [0.2, 0.25) is 5.76 Å². The molecule has 1 aliphatic rings. The van der Waals surface area contributed by atoms with Crippen molar-refractivity contribution >= 4 is 22.8 Å². The third kappa shape index (κ3) is 3.65. The van der Waals surface area contributed by atoms with Crippen LogP contribution in [0.4, 0.5) is 0 Å². The third-order valence-corrected chi connectivity index (χ3v) is 5.60. The molecule has 166 valence electrons. The molecule has 1 atom stereocenters. The molecule has 8 nitrogen and oxygen atoms in total. The van der Waals surface area contributed by atoms with E-state index in [0.29, 0.717) is 28.0 Å². The number of aryl methyl sites for hydroxylation is 1. The van der Waals surface area contributed by atoms with Crippen LogP contribution in [0.2, 0.25) is 0 Å². The van der Waals surface area contributed by atoms with Crippen LogP contribution in [0.15, 0.2) is 74.5 Å². The lowest BCUT2D eigenvalue weighted by molar-refractivity contribution is -0.119. The van der Waals surface area contributed by atoms with E-state index in [1.54, 1.807) is 53.4 Å². The summed E-state index contributed by atoms with van der Waals surface area (Å²) in [5, 5.41) is 0.424. The number of hydrogen-bond donors (Lipinski definition) is 1. The predicted octanol–water partition coefficient (Wildman–Crippen LogP) is 3.30. The first kappa shape index (κ1) is 20.6. The van der Waals surface area contributed by atoms with Crippen LogP contribution in [0.5, 0.6) is 5.75 Å². The topological polar surface area (TPSA) is 116 Å². The zero-order valence-corrected chi connectivity index (χ0v) is 17.7.